The summed E-state index contributed by atoms with van der Waals surface area (Å²) in [5.74, 6) is 0.931. The summed E-state index contributed by atoms with van der Waals surface area (Å²) >= 11 is 0. The molecule has 0 aromatic rings. The number of esters is 3. The van der Waals surface area contributed by atoms with Gasteiger partial charge in [-0.3, -0.25) is 14.4 Å². The van der Waals surface area contributed by atoms with Crippen LogP contribution in [0.15, 0.2) is 0 Å². The maximum absolute atomic E-state index is 12.9. The van der Waals surface area contributed by atoms with Crippen molar-refractivity contribution < 1.29 is 28.6 Å². The molecule has 0 rings (SSSR count). The molecular weight excluding hydrogens is 877 g/mol. The number of carbonyl (C=O) groups excluding carboxylic acids is 3. The van der Waals surface area contributed by atoms with Gasteiger partial charge in [0.25, 0.3) is 0 Å². The average molecular weight is 1000 g/mol. The van der Waals surface area contributed by atoms with E-state index in [-0.39, 0.29) is 31.1 Å². The fourth-order valence-corrected chi connectivity index (χ4v) is 10.1. The minimum atomic E-state index is -0.763. The third-order valence-electron chi connectivity index (χ3n) is 15.3. The normalized spacial score (nSPS) is 12.4. The first-order chi connectivity index (χ1) is 34.8. The van der Waals surface area contributed by atoms with Crippen LogP contribution in [0.4, 0.5) is 0 Å². The summed E-state index contributed by atoms with van der Waals surface area (Å²) in [5, 5.41) is 0. The van der Waals surface area contributed by atoms with Crippen LogP contribution in [0.2, 0.25) is 0 Å². The SMILES string of the molecule is CCCCCCCCCCCCCCC(=O)OC[C@H](COC(=O)CCCCCCCCCCCCCCCCCCCCC(C)CC)OC(=O)CCCCCCCCCCCCCCCCCCC(C)C. The predicted octanol–water partition coefficient (Wildman–Crippen LogP) is 21.6. The molecule has 0 fully saturated rings. The average Bonchev–Trinajstić information content (AvgIpc) is 3.36. The van der Waals surface area contributed by atoms with E-state index in [4.69, 9.17) is 14.2 Å². The molecule has 0 aliphatic carbocycles. The number of rotatable bonds is 59. The van der Waals surface area contributed by atoms with Gasteiger partial charge in [0, 0.05) is 19.3 Å². The van der Waals surface area contributed by atoms with E-state index in [0.717, 1.165) is 69.6 Å². The highest BCUT2D eigenvalue weighted by Gasteiger charge is 2.19. The molecular formula is C65H126O6. The first-order valence-corrected chi connectivity index (χ1v) is 32.3. The van der Waals surface area contributed by atoms with Gasteiger partial charge in [-0.25, -0.2) is 0 Å². The quantitative estimate of drug-likeness (QED) is 0.0343. The Kier molecular flexibility index (Phi) is 56.4. The van der Waals surface area contributed by atoms with Crippen molar-refractivity contribution >= 4 is 17.9 Å². The molecule has 0 amide bonds. The number of unbranched alkanes of at least 4 members (excludes halogenated alkanes) is 43. The van der Waals surface area contributed by atoms with Crippen LogP contribution >= 0.6 is 0 Å². The summed E-state index contributed by atoms with van der Waals surface area (Å²) < 4.78 is 16.9. The van der Waals surface area contributed by atoms with E-state index in [9.17, 15) is 14.4 Å². The first-order valence-electron chi connectivity index (χ1n) is 32.3. The Hall–Kier alpha value is -1.59. The third kappa shape index (κ3) is 57.5. The molecule has 6 nitrogen and oxygen atoms in total. The van der Waals surface area contributed by atoms with Gasteiger partial charge >= 0.3 is 17.9 Å². The Morgan fingerprint density at radius 3 is 0.803 bits per heavy atom. The largest absolute Gasteiger partial charge is 0.462 e. The smallest absolute Gasteiger partial charge is 0.306 e. The van der Waals surface area contributed by atoms with Gasteiger partial charge in [-0.1, -0.05) is 330 Å². The van der Waals surface area contributed by atoms with Gasteiger partial charge in [0.15, 0.2) is 6.10 Å². The molecule has 0 aromatic carbocycles. The first kappa shape index (κ1) is 69.4. The van der Waals surface area contributed by atoms with Crippen LogP contribution in [0.25, 0.3) is 0 Å². The van der Waals surface area contributed by atoms with Crippen molar-refractivity contribution in [2.24, 2.45) is 11.8 Å². The number of hydrogen-bond donors (Lipinski definition) is 0. The van der Waals surface area contributed by atoms with Crippen LogP contribution in [-0.2, 0) is 28.6 Å². The molecule has 0 saturated carbocycles. The van der Waals surface area contributed by atoms with Gasteiger partial charge in [-0.2, -0.15) is 0 Å². The number of ether oxygens (including phenoxy) is 3. The lowest BCUT2D eigenvalue weighted by Gasteiger charge is -2.18. The molecule has 0 aromatic heterocycles. The summed E-state index contributed by atoms with van der Waals surface area (Å²) in [7, 11) is 0. The van der Waals surface area contributed by atoms with E-state index in [1.165, 1.54) is 257 Å². The summed E-state index contributed by atoms with van der Waals surface area (Å²) in [4.78, 5) is 38.3. The van der Waals surface area contributed by atoms with Crippen LogP contribution in [-0.4, -0.2) is 37.2 Å². The maximum Gasteiger partial charge on any atom is 0.306 e. The van der Waals surface area contributed by atoms with E-state index in [2.05, 4.69) is 34.6 Å². The standard InChI is InChI=1S/C65H126O6/c1-6-8-9-10-11-12-13-30-35-40-45-50-55-63(66)69-58-62(71-65(68)57-52-47-42-37-32-27-23-19-18-20-24-28-33-38-43-48-53-60(3)4)59-70-64(67)56-51-46-41-36-31-26-22-17-15-14-16-21-25-29-34-39-44-49-54-61(5)7-2/h60-62H,6-59H2,1-5H3/t61?,62-/m1/s1. The molecule has 0 heterocycles. The van der Waals surface area contributed by atoms with Gasteiger partial charge < -0.3 is 14.2 Å². The van der Waals surface area contributed by atoms with Crippen molar-refractivity contribution in [1.29, 1.82) is 0 Å². The molecule has 0 bridgehead atoms. The highest BCUT2D eigenvalue weighted by molar-refractivity contribution is 5.71. The zero-order valence-electron chi connectivity index (χ0n) is 48.9. The number of carbonyl (C=O) groups is 3. The summed E-state index contributed by atoms with van der Waals surface area (Å²) in [6.07, 6.45) is 63.9. The van der Waals surface area contributed by atoms with Crippen molar-refractivity contribution in [1.82, 2.24) is 0 Å². The van der Waals surface area contributed by atoms with E-state index in [1.807, 2.05) is 0 Å². The lowest BCUT2D eigenvalue weighted by molar-refractivity contribution is -0.167. The highest BCUT2D eigenvalue weighted by Crippen LogP contribution is 2.19. The molecule has 6 heteroatoms. The van der Waals surface area contributed by atoms with Gasteiger partial charge in [0.1, 0.15) is 13.2 Å². The van der Waals surface area contributed by atoms with Gasteiger partial charge in [-0.15, -0.1) is 0 Å². The molecule has 0 radical (unpaired) electrons. The molecule has 0 aliphatic rings. The third-order valence-corrected chi connectivity index (χ3v) is 15.3. The van der Waals surface area contributed by atoms with Crippen LogP contribution in [0.5, 0.6) is 0 Å². The highest BCUT2D eigenvalue weighted by atomic mass is 16.6. The van der Waals surface area contributed by atoms with E-state index in [1.54, 1.807) is 0 Å². The van der Waals surface area contributed by atoms with Crippen molar-refractivity contribution in [3.8, 4) is 0 Å². The fourth-order valence-electron chi connectivity index (χ4n) is 10.1. The number of hydrogen-bond acceptors (Lipinski definition) is 6. The summed E-state index contributed by atoms with van der Waals surface area (Å²) in [5.41, 5.74) is 0. The Balaban J connectivity index is 4.22. The Bertz CT molecular complexity index is 1090. The summed E-state index contributed by atoms with van der Waals surface area (Å²) in [6.45, 7) is 11.5. The predicted molar refractivity (Wildman–Crippen MR) is 307 cm³/mol. The van der Waals surface area contributed by atoms with Crippen molar-refractivity contribution in [2.45, 2.75) is 375 Å². The molecule has 422 valence electrons. The van der Waals surface area contributed by atoms with Crippen LogP contribution in [0.3, 0.4) is 0 Å². The monoisotopic (exact) mass is 1000 g/mol. The van der Waals surface area contributed by atoms with Crippen molar-refractivity contribution in [2.75, 3.05) is 13.2 Å². The van der Waals surface area contributed by atoms with Crippen LogP contribution < -0.4 is 0 Å². The molecule has 2 atom stereocenters. The molecule has 0 saturated heterocycles. The van der Waals surface area contributed by atoms with E-state index < -0.39 is 6.10 Å². The minimum absolute atomic E-state index is 0.0617. The lowest BCUT2D eigenvalue weighted by atomic mass is 9.99. The van der Waals surface area contributed by atoms with Crippen LogP contribution in [0, 0.1) is 11.8 Å². The van der Waals surface area contributed by atoms with E-state index >= 15 is 0 Å². The molecule has 0 aliphatic heterocycles. The van der Waals surface area contributed by atoms with Gasteiger partial charge in [0.2, 0.25) is 0 Å². The van der Waals surface area contributed by atoms with Crippen molar-refractivity contribution in [3.05, 3.63) is 0 Å². The molecule has 71 heavy (non-hydrogen) atoms. The van der Waals surface area contributed by atoms with Crippen molar-refractivity contribution in [3.63, 3.8) is 0 Å². The van der Waals surface area contributed by atoms with Crippen LogP contribution in [0.1, 0.15) is 369 Å². The zero-order valence-corrected chi connectivity index (χ0v) is 48.9. The second-order valence-corrected chi connectivity index (χ2v) is 23.1. The molecule has 1 unspecified atom stereocenters. The Morgan fingerprint density at radius 1 is 0.296 bits per heavy atom. The van der Waals surface area contributed by atoms with E-state index in [0.29, 0.717) is 19.3 Å². The lowest BCUT2D eigenvalue weighted by Crippen LogP contribution is -2.30. The summed E-state index contributed by atoms with van der Waals surface area (Å²) in [6, 6.07) is 0. The minimum Gasteiger partial charge on any atom is -0.462 e. The topological polar surface area (TPSA) is 78.9 Å². The zero-order chi connectivity index (χ0) is 51.8. The fraction of sp³-hybridized carbons (Fsp3) is 0.954. The molecule has 0 spiro atoms. The Morgan fingerprint density at radius 2 is 0.535 bits per heavy atom. The maximum atomic E-state index is 12.9. The van der Waals surface area contributed by atoms with Gasteiger partial charge in [0.05, 0.1) is 0 Å². The Labute approximate surface area is 444 Å². The second-order valence-electron chi connectivity index (χ2n) is 23.1. The second kappa shape index (κ2) is 57.7. The van der Waals surface area contributed by atoms with Gasteiger partial charge in [-0.05, 0) is 31.1 Å². The molecule has 0 N–H and O–H groups in total.